The number of nitrogens with zero attached hydrogens (tertiary/aromatic N) is 2. The zero-order valence-corrected chi connectivity index (χ0v) is 27.4. The summed E-state index contributed by atoms with van der Waals surface area (Å²) >= 11 is 0. The first-order chi connectivity index (χ1) is 20.9. The van der Waals surface area contributed by atoms with Gasteiger partial charge in [-0.3, -0.25) is 0 Å². The van der Waals surface area contributed by atoms with E-state index in [1.165, 1.54) is 17.2 Å². The zero-order valence-electron chi connectivity index (χ0n) is 25.0. The van der Waals surface area contributed by atoms with Crippen LogP contribution in [-0.4, -0.2) is 9.97 Å². The second kappa shape index (κ2) is 13.5. The number of halogens is 1. The Labute approximate surface area is 271 Å². The molecule has 0 aliphatic heterocycles. The molecule has 0 saturated heterocycles. The van der Waals surface area contributed by atoms with E-state index in [1.807, 2.05) is 98.2 Å². The number of benzene rings is 4. The molecule has 3 nitrogen and oxygen atoms in total. The van der Waals surface area contributed by atoms with Gasteiger partial charge in [-0.2, -0.15) is 0 Å². The minimum atomic E-state index is -0.299. The maximum atomic E-state index is 14.7. The van der Waals surface area contributed by atoms with E-state index < -0.39 is 0 Å². The van der Waals surface area contributed by atoms with Crippen LogP contribution in [0, 0.1) is 31.8 Å². The predicted molar refractivity (Wildman–Crippen MR) is 173 cm³/mol. The average Bonchev–Trinajstić information content (AvgIpc) is 3.41. The molecule has 0 spiro atoms. The molecule has 0 aliphatic carbocycles. The molecule has 1 radical (unpaired) electrons. The summed E-state index contributed by atoms with van der Waals surface area (Å²) < 4.78 is 20.9. The third kappa shape index (κ3) is 6.26. The van der Waals surface area contributed by atoms with Gasteiger partial charge in [0.25, 0.3) is 0 Å². The van der Waals surface area contributed by atoms with E-state index >= 15 is 0 Å². The van der Waals surface area contributed by atoms with Gasteiger partial charge in [0, 0.05) is 37.9 Å². The Hall–Kier alpha value is -4.44. The summed E-state index contributed by atoms with van der Waals surface area (Å²) in [6, 6.07) is 37.1. The summed E-state index contributed by atoms with van der Waals surface area (Å²) in [7, 11) is 0. The van der Waals surface area contributed by atoms with Crippen LogP contribution in [0.15, 0.2) is 114 Å². The standard InChI is InChI=1S/C24H15FNO.C15H16N.Ir/c1-15-10-13-21(26-14-15)19-9-5-8-17-18-11-12-20(25)22(24(18)27-23(17)19)16-6-3-2-4-7-16;1-11(2)14-9-15(16-10-12(14)3)13-7-5-4-6-8-13;/h2-8,10-14H,1H3;4-7,9-11H,1-3H3;/q2*-1;. The fourth-order valence-corrected chi connectivity index (χ4v) is 5.32. The van der Waals surface area contributed by atoms with Crippen molar-refractivity contribution in [2.45, 2.75) is 33.6 Å². The Morgan fingerprint density at radius 2 is 1.48 bits per heavy atom. The Balaban J connectivity index is 0.000000194. The number of fused-ring (bicyclic) bond motifs is 3. The van der Waals surface area contributed by atoms with Crippen LogP contribution in [0.3, 0.4) is 0 Å². The molecule has 3 heterocycles. The molecule has 0 aliphatic rings. The second-order valence-electron chi connectivity index (χ2n) is 10.9. The molecule has 3 aromatic heterocycles. The Morgan fingerprint density at radius 3 is 2.18 bits per heavy atom. The van der Waals surface area contributed by atoms with Gasteiger partial charge in [-0.1, -0.05) is 73.3 Å². The third-order valence-electron chi connectivity index (χ3n) is 7.53. The summed E-state index contributed by atoms with van der Waals surface area (Å²) in [6.07, 6.45) is 3.77. The maximum Gasteiger partial charge on any atom is 0.134 e. The van der Waals surface area contributed by atoms with Crippen molar-refractivity contribution in [2.24, 2.45) is 0 Å². The van der Waals surface area contributed by atoms with Crippen LogP contribution >= 0.6 is 0 Å². The van der Waals surface area contributed by atoms with Crippen molar-refractivity contribution in [3.8, 4) is 33.6 Å². The van der Waals surface area contributed by atoms with Crippen LogP contribution in [0.25, 0.3) is 55.6 Å². The minimum Gasteiger partial charge on any atom is -0.500 e. The summed E-state index contributed by atoms with van der Waals surface area (Å²) in [6.45, 7) is 8.53. The van der Waals surface area contributed by atoms with E-state index in [2.05, 4.69) is 48.9 Å². The van der Waals surface area contributed by atoms with Gasteiger partial charge >= 0.3 is 0 Å². The third-order valence-corrected chi connectivity index (χ3v) is 7.53. The normalized spacial score (nSPS) is 10.9. The number of furan rings is 1. The van der Waals surface area contributed by atoms with Crippen LogP contribution in [-0.2, 0) is 20.1 Å². The monoisotopic (exact) mass is 755 g/mol. The van der Waals surface area contributed by atoms with Crippen LogP contribution in [0.1, 0.15) is 36.5 Å². The number of hydrogen-bond donors (Lipinski definition) is 0. The molecule has 0 amide bonds. The van der Waals surface area contributed by atoms with Crippen molar-refractivity contribution < 1.29 is 28.9 Å². The number of aromatic nitrogens is 2. The van der Waals surface area contributed by atoms with Crippen molar-refractivity contribution in [1.82, 2.24) is 9.97 Å². The summed E-state index contributed by atoms with van der Waals surface area (Å²) in [5.74, 6) is 0.234. The number of aryl methyl sites for hydroxylation is 2. The van der Waals surface area contributed by atoms with Gasteiger partial charge in [0.15, 0.2) is 0 Å². The van der Waals surface area contributed by atoms with E-state index in [0.717, 1.165) is 44.4 Å². The van der Waals surface area contributed by atoms with Gasteiger partial charge < -0.3 is 14.4 Å². The van der Waals surface area contributed by atoms with Gasteiger partial charge in [0.2, 0.25) is 0 Å². The van der Waals surface area contributed by atoms with Crippen molar-refractivity contribution in [3.05, 3.63) is 144 Å². The van der Waals surface area contributed by atoms with E-state index in [0.29, 0.717) is 22.6 Å². The molecule has 7 aromatic rings. The second-order valence-corrected chi connectivity index (χ2v) is 10.9. The molecule has 221 valence electrons. The van der Waals surface area contributed by atoms with E-state index in [1.54, 1.807) is 6.07 Å². The first-order valence-electron chi connectivity index (χ1n) is 14.4. The van der Waals surface area contributed by atoms with Crippen LogP contribution < -0.4 is 0 Å². The molecule has 7 rings (SSSR count). The zero-order chi connectivity index (χ0) is 29.9. The minimum absolute atomic E-state index is 0. The Morgan fingerprint density at radius 1 is 0.727 bits per heavy atom. The molecule has 44 heavy (non-hydrogen) atoms. The van der Waals surface area contributed by atoms with Crippen molar-refractivity contribution in [3.63, 3.8) is 0 Å². The van der Waals surface area contributed by atoms with E-state index in [-0.39, 0.29) is 25.9 Å². The van der Waals surface area contributed by atoms with Gasteiger partial charge in [-0.05, 0) is 65.5 Å². The Bertz CT molecular complexity index is 2020. The molecular weight excluding hydrogens is 724 g/mol. The van der Waals surface area contributed by atoms with Crippen LogP contribution in [0.5, 0.6) is 0 Å². The molecule has 0 atom stereocenters. The van der Waals surface area contributed by atoms with Gasteiger partial charge in [-0.25, -0.2) is 4.39 Å². The van der Waals surface area contributed by atoms with Crippen molar-refractivity contribution >= 4 is 21.9 Å². The molecule has 0 bridgehead atoms. The fourth-order valence-electron chi connectivity index (χ4n) is 5.32. The van der Waals surface area contributed by atoms with Crippen molar-refractivity contribution in [1.29, 1.82) is 0 Å². The maximum absolute atomic E-state index is 14.7. The quantitative estimate of drug-likeness (QED) is 0.168. The van der Waals surface area contributed by atoms with Gasteiger partial charge in [0.1, 0.15) is 11.4 Å². The average molecular weight is 755 g/mol. The summed E-state index contributed by atoms with van der Waals surface area (Å²) in [4.78, 5) is 8.96. The predicted octanol–water partition coefficient (Wildman–Crippen LogP) is 10.5. The van der Waals surface area contributed by atoms with Gasteiger partial charge in [-0.15, -0.1) is 54.1 Å². The van der Waals surface area contributed by atoms with Crippen LogP contribution in [0.4, 0.5) is 4.39 Å². The van der Waals surface area contributed by atoms with Gasteiger partial charge in [0.05, 0.1) is 11.1 Å². The van der Waals surface area contributed by atoms with E-state index in [4.69, 9.17) is 4.42 Å². The van der Waals surface area contributed by atoms with Crippen LogP contribution in [0.2, 0.25) is 0 Å². The number of hydrogen-bond acceptors (Lipinski definition) is 3. The largest absolute Gasteiger partial charge is 0.500 e. The van der Waals surface area contributed by atoms with Crippen molar-refractivity contribution in [2.75, 3.05) is 0 Å². The molecule has 0 saturated carbocycles. The summed E-state index contributed by atoms with van der Waals surface area (Å²) in [5, 5.41) is 1.81. The molecular formula is C39H31FIrN2O-2. The Kier molecular flexibility index (Phi) is 9.49. The van der Waals surface area contributed by atoms with E-state index in [9.17, 15) is 4.39 Å². The SMILES string of the molecule is Cc1ccc(-c2[c-]ccc3c2oc2c(-c4ccccc4)c(F)ccc23)nc1.Cc1cnc(-c2[c-]cccc2)cc1C(C)C.[Ir]. The number of pyridine rings is 2. The first-order valence-corrected chi connectivity index (χ1v) is 14.4. The first kappa shape index (κ1) is 31.0. The number of rotatable bonds is 4. The molecule has 5 heteroatoms. The topological polar surface area (TPSA) is 38.9 Å². The fraction of sp³-hybridized carbons (Fsp3) is 0.128. The molecule has 4 aromatic carbocycles. The molecule has 0 fully saturated rings. The summed E-state index contributed by atoms with van der Waals surface area (Å²) in [5.41, 5.74) is 9.83. The smallest absolute Gasteiger partial charge is 0.134 e. The molecule has 0 unspecified atom stereocenters. The molecule has 0 N–H and O–H groups in total.